The van der Waals surface area contributed by atoms with E-state index in [1.807, 2.05) is 30.3 Å². The molecule has 1 aliphatic carbocycles. The van der Waals surface area contributed by atoms with E-state index in [1.165, 1.54) is 17.0 Å². The number of nitrogens with zero attached hydrogens (tertiary/aromatic N) is 2. The summed E-state index contributed by atoms with van der Waals surface area (Å²) in [4.78, 5) is 30.3. The summed E-state index contributed by atoms with van der Waals surface area (Å²) in [6.45, 7) is 1.11. The van der Waals surface area contributed by atoms with Gasteiger partial charge in [0.15, 0.2) is 0 Å². The molecule has 4 aromatic carbocycles. The van der Waals surface area contributed by atoms with E-state index in [9.17, 15) is 18.0 Å². The summed E-state index contributed by atoms with van der Waals surface area (Å²) in [6.07, 6.45) is 3.98. The van der Waals surface area contributed by atoms with Gasteiger partial charge in [-0.1, -0.05) is 108 Å². The van der Waals surface area contributed by atoms with Gasteiger partial charge in [0, 0.05) is 24.0 Å². The summed E-state index contributed by atoms with van der Waals surface area (Å²) in [5.74, 6) is -0.872. The highest BCUT2D eigenvalue weighted by molar-refractivity contribution is 7.92. The second-order valence-corrected chi connectivity index (χ2v) is 14.8. The minimum atomic E-state index is -4.24. The van der Waals surface area contributed by atoms with Crippen LogP contribution in [0.2, 0.25) is 15.1 Å². The molecule has 5 rings (SSSR count). The van der Waals surface area contributed by atoms with Gasteiger partial charge in [0.2, 0.25) is 11.8 Å². The smallest absolute Gasteiger partial charge is 0.264 e. The van der Waals surface area contributed by atoms with Crippen molar-refractivity contribution in [2.45, 2.75) is 62.6 Å². The minimum Gasteiger partial charge on any atom is -0.352 e. The lowest BCUT2D eigenvalue weighted by Crippen LogP contribution is -2.54. The first-order valence-electron chi connectivity index (χ1n) is 15.4. The molecule has 4 aromatic rings. The van der Waals surface area contributed by atoms with Gasteiger partial charge >= 0.3 is 0 Å². The Morgan fingerprint density at radius 3 is 2.13 bits per heavy atom. The fourth-order valence-electron chi connectivity index (χ4n) is 5.86. The number of carbonyl (C=O) groups is 2. The number of amides is 2. The Morgan fingerprint density at radius 1 is 0.809 bits per heavy atom. The molecule has 1 saturated carbocycles. The number of halogens is 3. The van der Waals surface area contributed by atoms with Gasteiger partial charge in [0.05, 0.1) is 20.6 Å². The standard InChI is InChI=1S/C36H36Cl3N3O4S/c1-25-30(37)17-10-18-33(25)42(47(45,46)29-15-6-3-7-16-29)24-35(43)41(23-27-19-20-31(38)32(39)21-27)34(22-26-11-4-2-5-12-26)36(44)40-28-13-8-9-14-28/h2-7,10-12,15-21,28,34H,8-9,13-14,22-24H2,1H3,(H,40,44)/t34-/m1/s1. The van der Waals surface area contributed by atoms with Crippen LogP contribution in [0.15, 0.2) is 102 Å². The van der Waals surface area contributed by atoms with Gasteiger partial charge in [0.1, 0.15) is 12.6 Å². The van der Waals surface area contributed by atoms with Crippen molar-refractivity contribution in [1.29, 1.82) is 0 Å². The first-order valence-corrected chi connectivity index (χ1v) is 18.0. The Hall–Kier alpha value is -3.56. The third-order valence-corrected chi connectivity index (χ3v) is 11.3. The van der Waals surface area contributed by atoms with Crippen molar-refractivity contribution in [2.75, 3.05) is 10.8 Å². The van der Waals surface area contributed by atoms with Gasteiger partial charge < -0.3 is 10.2 Å². The van der Waals surface area contributed by atoms with E-state index in [2.05, 4.69) is 5.32 Å². The molecule has 0 heterocycles. The molecule has 246 valence electrons. The molecule has 0 aliphatic heterocycles. The SMILES string of the molecule is Cc1c(Cl)cccc1N(CC(=O)N(Cc1ccc(Cl)c(Cl)c1)[C@H](Cc1ccccc1)C(=O)NC1CCCC1)S(=O)(=O)c1ccccc1. The molecule has 0 aromatic heterocycles. The number of anilines is 1. The Labute approximate surface area is 291 Å². The molecule has 0 saturated heterocycles. The molecule has 47 heavy (non-hydrogen) atoms. The van der Waals surface area contributed by atoms with Crippen molar-refractivity contribution in [1.82, 2.24) is 10.2 Å². The predicted molar refractivity (Wildman–Crippen MR) is 189 cm³/mol. The molecule has 0 radical (unpaired) electrons. The molecule has 1 aliphatic rings. The number of nitrogens with one attached hydrogen (secondary N) is 1. The van der Waals surface area contributed by atoms with E-state index in [0.29, 0.717) is 26.2 Å². The maximum Gasteiger partial charge on any atom is 0.264 e. The largest absolute Gasteiger partial charge is 0.352 e. The Bertz CT molecular complexity index is 1820. The molecule has 1 N–H and O–H groups in total. The summed E-state index contributed by atoms with van der Waals surface area (Å²) in [6, 6.07) is 26.4. The summed E-state index contributed by atoms with van der Waals surface area (Å²) >= 11 is 19.0. The highest BCUT2D eigenvalue weighted by Crippen LogP contribution is 2.32. The van der Waals surface area contributed by atoms with Crippen molar-refractivity contribution in [3.8, 4) is 0 Å². The Kier molecular flexibility index (Phi) is 11.5. The van der Waals surface area contributed by atoms with E-state index in [-0.39, 0.29) is 35.5 Å². The zero-order valence-electron chi connectivity index (χ0n) is 25.9. The van der Waals surface area contributed by atoms with Crippen LogP contribution in [0.4, 0.5) is 5.69 Å². The van der Waals surface area contributed by atoms with Gasteiger partial charge in [0.25, 0.3) is 10.0 Å². The fourth-order valence-corrected chi connectivity index (χ4v) is 7.84. The number of carbonyl (C=O) groups excluding carboxylic acids is 2. The van der Waals surface area contributed by atoms with Crippen molar-refractivity contribution >= 4 is 62.3 Å². The number of sulfonamides is 1. The van der Waals surface area contributed by atoms with Crippen LogP contribution in [-0.4, -0.2) is 43.8 Å². The minimum absolute atomic E-state index is 0.00627. The summed E-state index contributed by atoms with van der Waals surface area (Å²) < 4.78 is 29.5. The molecule has 0 spiro atoms. The summed E-state index contributed by atoms with van der Waals surface area (Å²) in [7, 11) is -4.24. The van der Waals surface area contributed by atoms with Crippen LogP contribution in [0, 0.1) is 6.92 Å². The molecule has 0 bridgehead atoms. The van der Waals surface area contributed by atoms with Crippen LogP contribution >= 0.6 is 34.8 Å². The third-order valence-electron chi connectivity index (χ3n) is 8.43. The third kappa shape index (κ3) is 8.49. The highest BCUT2D eigenvalue weighted by atomic mass is 35.5. The first-order chi connectivity index (χ1) is 22.5. The molecular weight excluding hydrogens is 677 g/mol. The van der Waals surface area contributed by atoms with E-state index < -0.39 is 28.5 Å². The number of benzene rings is 4. The number of rotatable bonds is 12. The lowest BCUT2D eigenvalue weighted by atomic mass is 10.0. The monoisotopic (exact) mass is 711 g/mol. The van der Waals surface area contributed by atoms with Crippen LogP contribution in [0.25, 0.3) is 0 Å². The average molecular weight is 713 g/mol. The second kappa shape index (κ2) is 15.6. The van der Waals surface area contributed by atoms with E-state index in [1.54, 1.807) is 61.5 Å². The van der Waals surface area contributed by atoms with Gasteiger partial charge in [-0.25, -0.2) is 8.42 Å². The fraction of sp³-hybridized carbons (Fsp3) is 0.278. The molecule has 11 heteroatoms. The second-order valence-electron chi connectivity index (χ2n) is 11.7. The normalized spacial score (nSPS) is 14.0. The van der Waals surface area contributed by atoms with E-state index in [0.717, 1.165) is 35.6 Å². The quantitative estimate of drug-likeness (QED) is 0.162. The van der Waals surface area contributed by atoms with Crippen molar-refractivity contribution in [3.05, 3.63) is 129 Å². The van der Waals surface area contributed by atoms with Gasteiger partial charge in [-0.15, -0.1) is 0 Å². The molecule has 7 nitrogen and oxygen atoms in total. The van der Waals surface area contributed by atoms with E-state index >= 15 is 0 Å². The summed E-state index contributed by atoms with van der Waals surface area (Å²) in [5.41, 5.74) is 2.25. The van der Waals surface area contributed by atoms with Crippen molar-refractivity contribution < 1.29 is 18.0 Å². The van der Waals surface area contributed by atoms with Gasteiger partial charge in [-0.3, -0.25) is 13.9 Å². The maximum atomic E-state index is 14.7. The lowest BCUT2D eigenvalue weighted by molar-refractivity contribution is -0.140. The summed E-state index contributed by atoms with van der Waals surface area (Å²) in [5, 5.41) is 4.18. The van der Waals surface area contributed by atoms with Gasteiger partial charge in [-0.05, 0) is 72.9 Å². The van der Waals surface area contributed by atoms with Crippen molar-refractivity contribution in [2.24, 2.45) is 0 Å². The maximum absolute atomic E-state index is 14.7. The van der Waals surface area contributed by atoms with Crippen molar-refractivity contribution in [3.63, 3.8) is 0 Å². The zero-order valence-corrected chi connectivity index (χ0v) is 29.0. The highest BCUT2D eigenvalue weighted by Gasteiger charge is 2.36. The van der Waals surface area contributed by atoms with E-state index in [4.69, 9.17) is 34.8 Å². The number of hydrogen-bond donors (Lipinski definition) is 1. The zero-order chi connectivity index (χ0) is 33.6. The molecule has 1 fully saturated rings. The lowest BCUT2D eigenvalue weighted by Gasteiger charge is -2.34. The topological polar surface area (TPSA) is 86.8 Å². The van der Waals surface area contributed by atoms with Crippen LogP contribution in [0.5, 0.6) is 0 Å². The molecular formula is C36H36Cl3N3O4S. The molecule has 0 unspecified atom stereocenters. The van der Waals surface area contributed by atoms with Crippen LogP contribution in [-0.2, 0) is 32.6 Å². The Morgan fingerprint density at radius 2 is 1.47 bits per heavy atom. The number of hydrogen-bond acceptors (Lipinski definition) is 4. The predicted octanol–water partition coefficient (Wildman–Crippen LogP) is 7.85. The Balaban J connectivity index is 1.60. The van der Waals surface area contributed by atoms with Crippen LogP contribution in [0.1, 0.15) is 42.4 Å². The van der Waals surface area contributed by atoms with Gasteiger partial charge in [-0.2, -0.15) is 0 Å². The first kappa shape index (κ1) is 34.8. The molecule has 1 atom stereocenters. The van der Waals surface area contributed by atoms with Crippen LogP contribution in [0.3, 0.4) is 0 Å². The average Bonchev–Trinajstić information content (AvgIpc) is 3.58. The van der Waals surface area contributed by atoms with Crippen LogP contribution < -0.4 is 9.62 Å². The molecule has 2 amide bonds.